The zero-order chi connectivity index (χ0) is 16.0. The van der Waals surface area contributed by atoms with Gasteiger partial charge in [0.2, 0.25) is 11.8 Å². The number of primary amides is 1. The first-order chi connectivity index (χ1) is 9.59. The molecule has 0 aromatic heterocycles. The largest absolute Gasteiger partial charge is 0.388 e. The molecule has 0 unspecified atom stereocenters. The fraction of sp³-hybridized carbons (Fsp3) is 0.867. The van der Waals surface area contributed by atoms with E-state index in [4.69, 9.17) is 5.73 Å². The predicted molar refractivity (Wildman–Crippen MR) is 79.4 cm³/mol. The summed E-state index contributed by atoms with van der Waals surface area (Å²) >= 11 is 0. The van der Waals surface area contributed by atoms with Crippen LogP contribution in [-0.2, 0) is 9.59 Å². The summed E-state index contributed by atoms with van der Waals surface area (Å²) in [4.78, 5) is 28.1. The number of rotatable bonds is 5. The Balaban J connectivity index is 2.17. The molecule has 2 heterocycles. The van der Waals surface area contributed by atoms with Crippen molar-refractivity contribution >= 4 is 11.8 Å². The zero-order valence-corrected chi connectivity index (χ0v) is 13.4. The molecule has 2 saturated heterocycles. The summed E-state index contributed by atoms with van der Waals surface area (Å²) in [6, 6.07) is -0.961. The van der Waals surface area contributed by atoms with Gasteiger partial charge in [0.05, 0.1) is 5.60 Å². The molecular weight excluding hydrogens is 270 g/mol. The molecule has 0 aromatic carbocycles. The molecule has 6 heteroatoms. The third-order valence-electron chi connectivity index (χ3n) is 4.55. The van der Waals surface area contributed by atoms with Gasteiger partial charge in [-0.05, 0) is 39.2 Å². The summed E-state index contributed by atoms with van der Waals surface area (Å²) in [5.41, 5.74) is 3.59. The SMILES string of the molecule is CC(C)CN1CCC[C@@]12CN([C@H](C(N)=O)C(C)(C)O)C2=O. The van der Waals surface area contributed by atoms with Crippen LogP contribution in [0.15, 0.2) is 0 Å². The third kappa shape index (κ3) is 2.66. The van der Waals surface area contributed by atoms with E-state index < -0.39 is 23.1 Å². The van der Waals surface area contributed by atoms with Gasteiger partial charge >= 0.3 is 0 Å². The fourth-order valence-corrected chi connectivity index (χ4v) is 3.75. The predicted octanol–water partition coefficient (Wildman–Crippen LogP) is -0.0560. The van der Waals surface area contributed by atoms with Crippen molar-refractivity contribution < 1.29 is 14.7 Å². The number of aliphatic hydroxyl groups is 1. The van der Waals surface area contributed by atoms with Crippen molar-refractivity contribution in [3.63, 3.8) is 0 Å². The van der Waals surface area contributed by atoms with E-state index >= 15 is 0 Å². The summed E-state index contributed by atoms with van der Waals surface area (Å²) in [7, 11) is 0. The maximum Gasteiger partial charge on any atom is 0.245 e. The number of β-lactam (4-membered cyclic amide) rings is 1. The highest BCUT2D eigenvalue weighted by Gasteiger charge is 2.61. The van der Waals surface area contributed by atoms with Crippen LogP contribution >= 0.6 is 0 Å². The highest BCUT2D eigenvalue weighted by Crippen LogP contribution is 2.41. The topological polar surface area (TPSA) is 86.9 Å². The molecule has 2 atom stereocenters. The van der Waals surface area contributed by atoms with Gasteiger partial charge in [0.25, 0.3) is 0 Å². The molecule has 0 saturated carbocycles. The Morgan fingerprint density at radius 2 is 2.10 bits per heavy atom. The van der Waals surface area contributed by atoms with Crippen molar-refractivity contribution in [1.82, 2.24) is 9.80 Å². The van der Waals surface area contributed by atoms with Gasteiger partial charge in [0, 0.05) is 13.1 Å². The van der Waals surface area contributed by atoms with Gasteiger partial charge in [0.15, 0.2) is 0 Å². The number of amides is 2. The first-order valence-electron chi connectivity index (χ1n) is 7.67. The van der Waals surface area contributed by atoms with Crippen LogP contribution in [0, 0.1) is 5.92 Å². The van der Waals surface area contributed by atoms with Gasteiger partial charge in [-0.3, -0.25) is 14.5 Å². The fourth-order valence-electron chi connectivity index (χ4n) is 3.75. The summed E-state index contributed by atoms with van der Waals surface area (Å²) < 4.78 is 0. The molecule has 2 fully saturated rings. The maximum absolute atomic E-state index is 12.7. The Morgan fingerprint density at radius 1 is 1.48 bits per heavy atom. The second-order valence-electron chi connectivity index (χ2n) is 7.37. The normalized spacial score (nSPS) is 28.3. The lowest BCUT2D eigenvalue weighted by Gasteiger charge is -2.55. The van der Waals surface area contributed by atoms with E-state index in [0.29, 0.717) is 12.5 Å². The van der Waals surface area contributed by atoms with E-state index in [1.165, 1.54) is 18.7 Å². The second kappa shape index (κ2) is 5.25. The average Bonchev–Trinajstić information content (AvgIpc) is 2.71. The summed E-state index contributed by atoms with van der Waals surface area (Å²) in [5, 5.41) is 10.1. The minimum atomic E-state index is -1.33. The van der Waals surface area contributed by atoms with E-state index in [2.05, 4.69) is 18.7 Å². The van der Waals surface area contributed by atoms with Gasteiger partial charge in [-0.15, -0.1) is 0 Å². The highest BCUT2D eigenvalue weighted by atomic mass is 16.3. The molecule has 2 aliphatic rings. The van der Waals surface area contributed by atoms with E-state index in [1.54, 1.807) is 0 Å². The quantitative estimate of drug-likeness (QED) is 0.696. The number of nitrogens with two attached hydrogens (primary N) is 1. The van der Waals surface area contributed by atoms with Gasteiger partial charge in [-0.25, -0.2) is 0 Å². The molecule has 21 heavy (non-hydrogen) atoms. The lowest BCUT2D eigenvalue weighted by atomic mass is 9.81. The maximum atomic E-state index is 12.7. The van der Waals surface area contributed by atoms with Crippen molar-refractivity contribution in [2.24, 2.45) is 11.7 Å². The van der Waals surface area contributed by atoms with Crippen LogP contribution in [0.3, 0.4) is 0 Å². The Hall–Kier alpha value is -1.14. The molecule has 6 nitrogen and oxygen atoms in total. The molecule has 120 valence electrons. The monoisotopic (exact) mass is 297 g/mol. The molecular formula is C15H27N3O3. The van der Waals surface area contributed by atoms with E-state index in [0.717, 1.165) is 25.9 Å². The van der Waals surface area contributed by atoms with Crippen molar-refractivity contribution in [3.8, 4) is 0 Å². The number of carbonyl (C=O) groups is 2. The average molecular weight is 297 g/mol. The van der Waals surface area contributed by atoms with Crippen LogP contribution in [0.4, 0.5) is 0 Å². The number of hydrogen-bond acceptors (Lipinski definition) is 4. The van der Waals surface area contributed by atoms with Gasteiger partial charge in [-0.1, -0.05) is 13.8 Å². The summed E-state index contributed by atoms with van der Waals surface area (Å²) in [5.74, 6) is -0.228. The molecule has 2 rings (SSSR count). The van der Waals surface area contributed by atoms with Crippen molar-refractivity contribution in [1.29, 1.82) is 0 Å². The minimum Gasteiger partial charge on any atom is -0.388 e. The van der Waals surface area contributed by atoms with Gasteiger partial charge < -0.3 is 15.7 Å². The van der Waals surface area contributed by atoms with Crippen LogP contribution < -0.4 is 5.73 Å². The van der Waals surface area contributed by atoms with Crippen LogP contribution in [0.5, 0.6) is 0 Å². The second-order valence-corrected chi connectivity index (χ2v) is 7.37. The number of likely N-dealkylation sites (tertiary alicyclic amines) is 2. The molecule has 0 bridgehead atoms. The van der Waals surface area contributed by atoms with Gasteiger partial charge in [-0.2, -0.15) is 0 Å². The molecule has 0 aromatic rings. The molecule has 3 N–H and O–H groups in total. The molecule has 2 amide bonds. The molecule has 1 spiro atoms. The van der Waals surface area contributed by atoms with Crippen molar-refractivity contribution in [2.75, 3.05) is 19.6 Å². The Kier molecular flexibility index (Phi) is 4.06. The number of nitrogens with zero attached hydrogens (tertiary/aromatic N) is 2. The number of carbonyl (C=O) groups excluding carboxylic acids is 2. The third-order valence-corrected chi connectivity index (χ3v) is 4.55. The lowest BCUT2D eigenvalue weighted by Crippen LogP contribution is -2.77. The standard InChI is InChI=1S/C15H27N3O3/c1-10(2)8-17-7-5-6-15(17)9-18(13(15)20)11(12(16)19)14(3,4)21/h10-11,21H,5-9H2,1-4H3,(H2,16,19)/t11-,15+/m1/s1. The van der Waals surface area contributed by atoms with Crippen LogP contribution in [0.2, 0.25) is 0 Å². The summed E-state index contributed by atoms with van der Waals surface area (Å²) in [6.07, 6.45) is 1.82. The minimum absolute atomic E-state index is 0.0634. The Bertz CT molecular complexity index is 444. The van der Waals surface area contributed by atoms with Crippen LogP contribution in [0.25, 0.3) is 0 Å². The Labute approximate surface area is 126 Å². The van der Waals surface area contributed by atoms with Crippen LogP contribution in [-0.4, -0.2) is 63.5 Å². The van der Waals surface area contributed by atoms with Crippen LogP contribution in [0.1, 0.15) is 40.5 Å². The summed E-state index contributed by atoms with van der Waals surface area (Å²) in [6.45, 7) is 9.58. The van der Waals surface area contributed by atoms with E-state index in [-0.39, 0.29) is 5.91 Å². The lowest BCUT2D eigenvalue weighted by molar-refractivity contribution is -0.177. The smallest absolute Gasteiger partial charge is 0.245 e. The zero-order valence-electron chi connectivity index (χ0n) is 13.4. The first-order valence-corrected chi connectivity index (χ1v) is 7.67. The Morgan fingerprint density at radius 3 is 2.52 bits per heavy atom. The van der Waals surface area contributed by atoms with E-state index in [9.17, 15) is 14.7 Å². The number of hydrogen-bond donors (Lipinski definition) is 2. The van der Waals surface area contributed by atoms with Crippen molar-refractivity contribution in [3.05, 3.63) is 0 Å². The molecule has 0 aliphatic carbocycles. The first kappa shape index (κ1) is 16.2. The van der Waals surface area contributed by atoms with Crippen molar-refractivity contribution in [2.45, 2.75) is 57.7 Å². The van der Waals surface area contributed by atoms with Gasteiger partial charge in [0.1, 0.15) is 11.6 Å². The molecule has 0 radical (unpaired) electrons. The highest BCUT2D eigenvalue weighted by molar-refractivity contribution is 5.97. The molecule has 2 aliphatic heterocycles. The van der Waals surface area contributed by atoms with E-state index in [1.807, 2.05) is 0 Å².